The van der Waals surface area contributed by atoms with Crippen molar-refractivity contribution in [2.75, 3.05) is 43.4 Å². The molecule has 0 unspecified atom stereocenters. The van der Waals surface area contributed by atoms with Crippen molar-refractivity contribution >= 4 is 28.0 Å². The second kappa shape index (κ2) is 7.39. The zero-order chi connectivity index (χ0) is 17.9. The Balaban J connectivity index is 1.48. The fourth-order valence-electron chi connectivity index (χ4n) is 2.94. The predicted molar refractivity (Wildman–Crippen MR) is 105 cm³/mol. The van der Waals surface area contributed by atoms with Crippen LogP contribution in [0.25, 0.3) is 10.4 Å². The normalized spacial score (nSPS) is 15.2. The third kappa shape index (κ3) is 3.84. The van der Waals surface area contributed by atoms with E-state index in [0.29, 0.717) is 0 Å². The van der Waals surface area contributed by atoms with Gasteiger partial charge < -0.3 is 15.1 Å². The second-order valence-electron chi connectivity index (χ2n) is 6.35. The van der Waals surface area contributed by atoms with Gasteiger partial charge in [-0.25, -0.2) is 14.4 Å². The first-order chi connectivity index (χ1) is 12.7. The Morgan fingerprint density at radius 1 is 1.04 bits per heavy atom. The number of rotatable bonds is 4. The van der Waals surface area contributed by atoms with Crippen LogP contribution in [0.3, 0.4) is 0 Å². The number of nitrogens with zero attached hydrogens (tertiary/aromatic N) is 4. The van der Waals surface area contributed by atoms with Gasteiger partial charge in [0.25, 0.3) is 0 Å². The molecular weight excluding hydrogens is 349 g/mol. The van der Waals surface area contributed by atoms with Crippen molar-refractivity contribution in [3.63, 3.8) is 0 Å². The second-order valence-corrected chi connectivity index (χ2v) is 7.38. The maximum absolute atomic E-state index is 13.1. The number of halogens is 1. The Morgan fingerprint density at radius 2 is 1.81 bits per heavy atom. The quantitative estimate of drug-likeness (QED) is 0.757. The Morgan fingerprint density at radius 3 is 2.58 bits per heavy atom. The molecule has 0 bridgehead atoms. The van der Waals surface area contributed by atoms with Gasteiger partial charge in [-0.1, -0.05) is 23.5 Å². The molecule has 7 heteroatoms. The lowest BCUT2D eigenvalue weighted by atomic mass is 10.2. The van der Waals surface area contributed by atoms with Gasteiger partial charge in [-0.3, -0.25) is 0 Å². The number of hydrogen-bond acceptors (Lipinski definition) is 6. The van der Waals surface area contributed by atoms with E-state index < -0.39 is 0 Å². The first-order valence-electron chi connectivity index (χ1n) is 8.56. The molecule has 1 aliphatic heterocycles. The largest absolute Gasteiger partial charge is 0.369 e. The van der Waals surface area contributed by atoms with Crippen LogP contribution in [0.4, 0.5) is 21.0 Å². The summed E-state index contributed by atoms with van der Waals surface area (Å²) in [6.45, 7) is 4.18. The lowest BCUT2D eigenvalue weighted by Gasteiger charge is -2.34. The first kappa shape index (κ1) is 16.9. The Kier molecular flexibility index (Phi) is 4.81. The summed E-state index contributed by atoms with van der Waals surface area (Å²) in [5.41, 5.74) is 2.13. The van der Waals surface area contributed by atoms with Gasteiger partial charge in [-0.2, -0.15) is 0 Å². The van der Waals surface area contributed by atoms with E-state index in [-0.39, 0.29) is 5.82 Å². The van der Waals surface area contributed by atoms with Gasteiger partial charge >= 0.3 is 0 Å². The van der Waals surface area contributed by atoms with E-state index in [1.807, 2.05) is 12.3 Å². The molecule has 0 saturated carbocycles. The number of aromatic nitrogens is 2. The van der Waals surface area contributed by atoms with Crippen molar-refractivity contribution < 1.29 is 4.39 Å². The molecule has 0 aliphatic carbocycles. The lowest BCUT2D eigenvalue weighted by Crippen LogP contribution is -2.44. The summed E-state index contributed by atoms with van der Waals surface area (Å²) in [5, 5.41) is 4.05. The number of nitrogens with one attached hydrogen (secondary N) is 1. The lowest BCUT2D eigenvalue weighted by molar-refractivity contribution is 0.313. The summed E-state index contributed by atoms with van der Waals surface area (Å²) < 4.78 is 13.1. The maximum Gasteiger partial charge on any atom is 0.188 e. The Labute approximate surface area is 156 Å². The summed E-state index contributed by atoms with van der Waals surface area (Å²) in [4.78, 5) is 14.5. The molecule has 0 radical (unpaired) electrons. The van der Waals surface area contributed by atoms with Gasteiger partial charge in [0.1, 0.15) is 11.6 Å². The van der Waals surface area contributed by atoms with E-state index in [2.05, 4.69) is 38.2 Å². The van der Waals surface area contributed by atoms with Crippen LogP contribution in [-0.2, 0) is 0 Å². The van der Waals surface area contributed by atoms with Gasteiger partial charge in [0.15, 0.2) is 5.13 Å². The highest BCUT2D eigenvalue weighted by atomic mass is 32.1. The van der Waals surface area contributed by atoms with Crippen LogP contribution in [0.1, 0.15) is 0 Å². The first-order valence-corrected chi connectivity index (χ1v) is 9.37. The molecule has 0 spiro atoms. The van der Waals surface area contributed by atoms with E-state index in [1.165, 1.54) is 29.2 Å². The van der Waals surface area contributed by atoms with Crippen molar-refractivity contribution in [1.82, 2.24) is 14.9 Å². The maximum atomic E-state index is 13.1. The molecule has 2 aromatic heterocycles. The average molecular weight is 369 g/mol. The number of thiazole rings is 1. The standard InChI is InChI=1S/C19H20FN5S/c1-24-8-10-25(11-9-24)16-6-7-21-18(12-16)23-19-22-13-17(26-19)14-2-4-15(20)5-3-14/h2-7,12-13H,8-11H2,1H3,(H,21,22,23). The zero-order valence-corrected chi connectivity index (χ0v) is 15.3. The number of pyridine rings is 1. The van der Waals surface area contributed by atoms with E-state index in [0.717, 1.165) is 47.6 Å². The number of likely N-dealkylation sites (N-methyl/N-ethyl adjacent to an activating group) is 1. The molecule has 26 heavy (non-hydrogen) atoms. The number of hydrogen-bond donors (Lipinski definition) is 1. The Hall–Kier alpha value is -2.51. The van der Waals surface area contributed by atoms with Crippen LogP contribution < -0.4 is 10.2 Å². The average Bonchev–Trinajstić information content (AvgIpc) is 3.11. The van der Waals surface area contributed by atoms with Crippen molar-refractivity contribution in [1.29, 1.82) is 0 Å². The molecule has 0 amide bonds. The molecule has 134 valence electrons. The number of anilines is 3. The van der Waals surface area contributed by atoms with E-state index in [4.69, 9.17) is 0 Å². The minimum Gasteiger partial charge on any atom is -0.369 e. The highest BCUT2D eigenvalue weighted by molar-refractivity contribution is 7.18. The molecule has 5 nitrogen and oxygen atoms in total. The molecular formula is C19H20FN5S. The molecule has 1 saturated heterocycles. The number of benzene rings is 1. The SMILES string of the molecule is CN1CCN(c2ccnc(Nc3ncc(-c4ccc(F)cc4)s3)c2)CC1. The summed E-state index contributed by atoms with van der Waals surface area (Å²) >= 11 is 1.52. The van der Waals surface area contributed by atoms with Gasteiger partial charge in [-0.05, 0) is 30.8 Å². The molecule has 1 N–H and O–H groups in total. The third-order valence-electron chi connectivity index (χ3n) is 4.48. The van der Waals surface area contributed by atoms with Crippen LogP contribution >= 0.6 is 11.3 Å². The minimum atomic E-state index is -0.235. The van der Waals surface area contributed by atoms with Gasteiger partial charge in [-0.15, -0.1) is 0 Å². The van der Waals surface area contributed by atoms with Crippen LogP contribution in [0.5, 0.6) is 0 Å². The monoisotopic (exact) mass is 369 g/mol. The highest BCUT2D eigenvalue weighted by Gasteiger charge is 2.15. The molecule has 3 heterocycles. The molecule has 1 aliphatic rings. The van der Waals surface area contributed by atoms with Crippen LogP contribution in [0, 0.1) is 5.82 Å². The van der Waals surface area contributed by atoms with Crippen molar-refractivity contribution in [3.05, 3.63) is 54.6 Å². The third-order valence-corrected chi connectivity index (χ3v) is 5.44. The van der Waals surface area contributed by atoms with E-state index in [1.54, 1.807) is 18.3 Å². The van der Waals surface area contributed by atoms with Crippen LogP contribution in [-0.4, -0.2) is 48.1 Å². The molecule has 4 rings (SSSR count). The van der Waals surface area contributed by atoms with Crippen molar-refractivity contribution in [2.45, 2.75) is 0 Å². The summed E-state index contributed by atoms with van der Waals surface area (Å²) in [6, 6.07) is 10.6. The van der Waals surface area contributed by atoms with Gasteiger partial charge in [0.2, 0.25) is 0 Å². The molecule has 1 aromatic carbocycles. The van der Waals surface area contributed by atoms with E-state index >= 15 is 0 Å². The topological polar surface area (TPSA) is 44.3 Å². The van der Waals surface area contributed by atoms with Crippen molar-refractivity contribution in [2.24, 2.45) is 0 Å². The summed E-state index contributed by atoms with van der Waals surface area (Å²) in [5.74, 6) is 0.544. The van der Waals surface area contributed by atoms with Crippen LogP contribution in [0.15, 0.2) is 48.8 Å². The zero-order valence-electron chi connectivity index (χ0n) is 14.5. The fraction of sp³-hybridized carbons (Fsp3) is 0.263. The number of piperazine rings is 1. The summed E-state index contributed by atoms with van der Waals surface area (Å²) in [7, 11) is 2.15. The van der Waals surface area contributed by atoms with Gasteiger partial charge in [0, 0.05) is 50.3 Å². The molecule has 1 fully saturated rings. The minimum absolute atomic E-state index is 0.235. The molecule has 3 aromatic rings. The van der Waals surface area contributed by atoms with Crippen LogP contribution in [0.2, 0.25) is 0 Å². The smallest absolute Gasteiger partial charge is 0.188 e. The fourth-order valence-corrected chi connectivity index (χ4v) is 3.77. The predicted octanol–water partition coefficient (Wildman–Crippen LogP) is 3.84. The highest BCUT2D eigenvalue weighted by Crippen LogP contribution is 2.31. The van der Waals surface area contributed by atoms with Crippen molar-refractivity contribution in [3.8, 4) is 10.4 Å². The Bertz CT molecular complexity index is 872. The summed E-state index contributed by atoms with van der Waals surface area (Å²) in [6.07, 6.45) is 3.62. The molecule has 0 atom stereocenters. The van der Waals surface area contributed by atoms with E-state index in [9.17, 15) is 4.39 Å². The van der Waals surface area contributed by atoms with Gasteiger partial charge in [0.05, 0.1) is 4.88 Å².